The predicted molar refractivity (Wildman–Crippen MR) is 32.1 cm³/mol. The Morgan fingerprint density at radius 2 is 2.38 bits per heavy atom. The molecule has 1 atom stereocenters. The van der Waals surface area contributed by atoms with Crippen molar-refractivity contribution in [1.82, 2.24) is 5.06 Å². The SMILES string of the molecule is NC1CCCN([O-])C1. The van der Waals surface area contributed by atoms with Crippen LogP contribution in [0.25, 0.3) is 0 Å². The van der Waals surface area contributed by atoms with E-state index in [0.717, 1.165) is 17.9 Å². The second-order valence-corrected chi connectivity index (χ2v) is 2.29. The van der Waals surface area contributed by atoms with Crippen LogP contribution in [0.2, 0.25) is 0 Å². The first-order valence-electron chi connectivity index (χ1n) is 2.96. The van der Waals surface area contributed by atoms with Crippen molar-refractivity contribution in [2.75, 3.05) is 13.1 Å². The number of rotatable bonds is 0. The molecule has 0 bridgehead atoms. The number of hydroxylamine groups is 2. The summed E-state index contributed by atoms with van der Waals surface area (Å²) in [5.41, 5.74) is 5.48. The molecule has 0 spiro atoms. The third-order valence-electron chi connectivity index (χ3n) is 1.42. The van der Waals surface area contributed by atoms with Crippen molar-refractivity contribution in [2.24, 2.45) is 5.73 Å². The first-order valence-corrected chi connectivity index (χ1v) is 2.96. The normalized spacial score (nSPS) is 33.0. The van der Waals surface area contributed by atoms with Gasteiger partial charge in [0.1, 0.15) is 0 Å². The third kappa shape index (κ3) is 1.43. The Bertz CT molecular complexity index is 68.8. The van der Waals surface area contributed by atoms with Crippen LogP contribution in [0.15, 0.2) is 0 Å². The Morgan fingerprint density at radius 1 is 1.62 bits per heavy atom. The Kier molecular flexibility index (Phi) is 1.83. The van der Waals surface area contributed by atoms with Gasteiger partial charge in [-0.15, -0.1) is 0 Å². The van der Waals surface area contributed by atoms with Gasteiger partial charge in [-0.2, -0.15) is 0 Å². The zero-order valence-corrected chi connectivity index (χ0v) is 4.84. The van der Waals surface area contributed by atoms with Gasteiger partial charge in [0.15, 0.2) is 0 Å². The van der Waals surface area contributed by atoms with Gasteiger partial charge in [0.05, 0.1) is 0 Å². The van der Waals surface area contributed by atoms with Gasteiger partial charge in [-0.25, -0.2) is 0 Å². The number of nitrogens with two attached hydrogens (primary N) is 1. The summed E-state index contributed by atoms with van der Waals surface area (Å²) < 4.78 is 0. The maximum atomic E-state index is 10.5. The highest BCUT2D eigenvalue weighted by Gasteiger charge is 2.08. The van der Waals surface area contributed by atoms with Crippen LogP contribution in [-0.4, -0.2) is 24.2 Å². The summed E-state index contributed by atoms with van der Waals surface area (Å²) in [6, 6.07) is 0.126. The smallest absolute Gasteiger partial charge is 0.0158 e. The summed E-state index contributed by atoms with van der Waals surface area (Å²) in [5, 5.41) is 11.5. The van der Waals surface area contributed by atoms with Crippen LogP contribution in [0.4, 0.5) is 0 Å². The molecule has 1 rings (SSSR count). The van der Waals surface area contributed by atoms with E-state index in [0.29, 0.717) is 13.1 Å². The summed E-state index contributed by atoms with van der Waals surface area (Å²) in [7, 11) is 0. The van der Waals surface area contributed by atoms with Crippen LogP contribution in [0, 0.1) is 5.21 Å². The van der Waals surface area contributed by atoms with Crippen molar-refractivity contribution in [3.8, 4) is 0 Å². The molecule has 0 aromatic carbocycles. The van der Waals surface area contributed by atoms with E-state index in [-0.39, 0.29) is 6.04 Å². The molecule has 0 aromatic rings. The molecule has 0 radical (unpaired) electrons. The minimum atomic E-state index is 0.126. The van der Waals surface area contributed by atoms with Crippen molar-refractivity contribution < 1.29 is 0 Å². The lowest BCUT2D eigenvalue weighted by Gasteiger charge is -2.35. The number of piperidine rings is 1. The Balaban J connectivity index is 2.23. The molecule has 2 N–H and O–H groups in total. The molecule has 0 amide bonds. The van der Waals surface area contributed by atoms with E-state index in [9.17, 15) is 5.21 Å². The molecular formula is C5H11N2O-. The molecule has 48 valence electrons. The van der Waals surface area contributed by atoms with E-state index in [4.69, 9.17) is 5.73 Å². The second kappa shape index (κ2) is 2.44. The van der Waals surface area contributed by atoms with Crippen molar-refractivity contribution in [2.45, 2.75) is 18.9 Å². The zero-order valence-electron chi connectivity index (χ0n) is 4.84. The fraction of sp³-hybridized carbons (Fsp3) is 1.00. The largest absolute Gasteiger partial charge is 0.785 e. The molecule has 8 heavy (non-hydrogen) atoms. The van der Waals surface area contributed by atoms with Gasteiger partial charge in [0.25, 0.3) is 0 Å². The lowest BCUT2D eigenvalue weighted by Crippen LogP contribution is -2.39. The zero-order chi connectivity index (χ0) is 5.98. The summed E-state index contributed by atoms with van der Waals surface area (Å²) in [6.45, 7) is 1.20. The molecule has 1 heterocycles. The maximum absolute atomic E-state index is 10.5. The van der Waals surface area contributed by atoms with E-state index in [1.54, 1.807) is 0 Å². The summed E-state index contributed by atoms with van der Waals surface area (Å²) >= 11 is 0. The lowest BCUT2D eigenvalue weighted by molar-refractivity contribution is 0.282. The van der Waals surface area contributed by atoms with Crippen LogP contribution in [0.1, 0.15) is 12.8 Å². The summed E-state index contributed by atoms with van der Waals surface area (Å²) in [5.74, 6) is 0. The van der Waals surface area contributed by atoms with E-state index in [2.05, 4.69) is 0 Å². The van der Waals surface area contributed by atoms with Crippen molar-refractivity contribution in [3.05, 3.63) is 5.21 Å². The molecule has 1 saturated heterocycles. The summed E-state index contributed by atoms with van der Waals surface area (Å²) in [6.07, 6.45) is 1.98. The van der Waals surface area contributed by atoms with E-state index in [1.165, 1.54) is 0 Å². The van der Waals surface area contributed by atoms with Crippen LogP contribution >= 0.6 is 0 Å². The van der Waals surface area contributed by atoms with Gasteiger partial charge in [0.2, 0.25) is 0 Å². The highest BCUT2D eigenvalue weighted by molar-refractivity contribution is 4.74. The standard InChI is InChI=1S/C5H11N2O/c6-5-2-1-3-7(8)4-5/h5H,1-4,6H2/q-1. The van der Waals surface area contributed by atoms with Crippen molar-refractivity contribution >= 4 is 0 Å². The van der Waals surface area contributed by atoms with Crippen LogP contribution < -0.4 is 5.73 Å². The van der Waals surface area contributed by atoms with Crippen LogP contribution in [0.3, 0.4) is 0 Å². The Labute approximate surface area is 49.0 Å². The van der Waals surface area contributed by atoms with Crippen LogP contribution in [0.5, 0.6) is 0 Å². The minimum Gasteiger partial charge on any atom is -0.785 e. The first kappa shape index (κ1) is 6.01. The fourth-order valence-electron chi connectivity index (χ4n) is 0.974. The number of hydrogen-bond donors (Lipinski definition) is 1. The molecule has 3 heteroatoms. The highest BCUT2D eigenvalue weighted by atomic mass is 16.5. The molecule has 1 aliphatic rings. The Morgan fingerprint density at radius 3 is 2.75 bits per heavy atom. The summed E-state index contributed by atoms with van der Waals surface area (Å²) in [4.78, 5) is 0. The number of nitrogens with zero attached hydrogens (tertiary/aromatic N) is 1. The molecular weight excluding hydrogens is 104 g/mol. The van der Waals surface area contributed by atoms with Gasteiger partial charge in [-0.1, -0.05) is 0 Å². The molecule has 0 aromatic heterocycles. The van der Waals surface area contributed by atoms with Crippen molar-refractivity contribution in [3.63, 3.8) is 0 Å². The van der Waals surface area contributed by atoms with Gasteiger partial charge in [0, 0.05) is 12.6 Å². The molecule has 1 unspecified atom stereocenters. The average Bonchev–Trinajstić information content (AvgIpc) is 1.64. The highest BCUT2D eigenvalue weighted by Crippen LogP contribution is 2.05. The van der Waals surface area contributed by atoms with E-state index >= 15 is 0 Å². The van der Waals surface area contributed by atoms with Gasteiger partial charge in [-0.05, 0) is 19.4 Å². The van der Waals surface area contributed by atoms with E-state index < -0.39 is 0 Å². The van der Waals surface area contributed by atoms with Gasteiger partial charge >= 0.3 is 0 Å². The fourth-order valence-corrected chi connectivity index (χ4v) is 0.974. The first-order chi connectivity index (χ1) is 3.79. The molecule has 1 aliphatic heterocycles. The molecule has 3 nitrogen and oxygen atoms in total. The molecule has 0 aliphatic carbocycles. The van der Waals surface area contributed by atoms with Crippen molar-refractivity contribution in [1.29, 1.82) is 0 Å². The Hall–Kier alpha value is -0.120. The van der Waals surface area contributed by atoms with Gasteiger partial charge in [-0.3, -0.25) is 0 Å². The second-order valence-electron chi connectivity index (χ2n) is 2.29. The predicted octanol–water partition coefficient (Wildman–Crippen LogP) is -0.0927. The third-order valence-corrected chi connectivity index (χ3v) is 1.42. The average molecular weight is 115 g/mol. The molecule has 1 fully saturated rings. The van der Waals surface area contributed by atoms with E-state index in [1.807, 2.05) is 0 Å². The quantitative estimate of drug-likeness (QED) is 0.480. The monoisotopic (exact) mass is 115 g/mol. The van der Waals surface area contributed by atoms with Gasteiger partial charge < -0.3 is 16.0 Å². The maximum Gasteiger partial charge on any atom is 0.0158 e. The minimum absolute atomic E-state index is 0.126. The topological polar surface area (TPSA) is 52.3 Å². The number of hydrogen-bond acceptors (Lipinski definition) is 3. The lowest BCUT2D eigenvalue weighted by atomic mass is 10.1. The van der Waals surface area contributed by atoms with Crippen LogP contribution in [-0.2, 0) is 0 Å². The molecule has 0 saturated carbocycles.